The molecule has 0 saturated carbocycles. The molecule has 4 aromatic rings. The third-order valence-corrected chi connectivity index (χ3v) is 8.05. The summed E-state index contributed by atoms with van der Waals surface area (Å²) in [6.45, 7) is 1.43. The van der Waals surface area contributed by atoms with Crippen molar-refractivity contribution < 1.29 is 19.3 Å². The topological polar surface area (TPSA) is 115 Å². The van der Waals surface area contributed by atoms with Crippen LogP contribution in [0.4, 0.5) is 0 Å². The number of H-pyrrole nitrogens is 1. The first-order chi connectivity index (χ1) is 19.4. The summed E-state index contributed by atoms with van der Waals surface area (Å²) in [5, 5.41) is 14.6. The van der Waals surface area contributed by atoms with Crippen molar-refractivity contribution in [1.29, 1.82) is 0 Å². The van der Waals surface area contributed by atoms with Crippen molar-refractivity contribution in [2.75, 3.05) is 20.3 Å². The molecule has 40 heavy (non-hydrogen) atoms. The number of ether oxygens (including phenoxy) is 3. The first kappa shape index (κ1) is 26.2. The van der Waals surface area contributed by atoms with Crippen molar-refractivity contribution in [2.24, 2.45) is 0 Å². The summed E-state index contributed by atoms with van der Waals surface area (Å²) in [5.41, 5.74) is 0.169. The molecule has 3 aromatic carbocycles. The number of aliphatic hydroxyl groups is 1. The maximum atomic E-state index is 12.8. The summed E-state index contributed by atoms with van der Waals surface area (Å²) in [6.07, 6.45) is -0.0230. The van der Waals surface area contributed by atoms with Gasteiger partial charge in [0.2, 0.25) is 0 Å². The zero-order chi connectivity index (χ0) is 27.9. The van der Waals surface area contributed by atoms with Gasteiger partial charge in [0.25, 0.3) is 5.56 Å². The highest BCUT2D eigenvalue weighted by Crippen LogP contribution is 2.48. The van der Waals surface area contributed by atoms with Gasteiger partial charge in [0, 0.05) is 11.8 Å². The second-order valence-corrected chi connectivity index (χ2v) is 10.3. The number of aliphatic hydroxyl groups excluding tert-OH is 1. The first-order valence-electron chi connectivity index (χ1n) is 13.2. The third kappa shape index (κ3) is 4.10. The predicted molar refractivity (Wildman–Crippen MR) is 148 cm³/mol. The maximum Gasteiger partial charge on any atom is 0.330 e. The van der Waals surface area contributed by atoms with Crippen molar-refractivity contribution in [2.45, 2.75) is 36.4 Å². The molecule has 2 fully saturated rings. The van der Waals surface area contributed by atoms with Gasteiger partial charge in [0.1, 0.15) is 17.5 Å². The lowest BCUT2D eigenvalue weighted by molar-refractivity contribution is -0.185. The Morgan fingerprint density at radius 2 is 1.60 bits per heavy atom. The Morgan fingerprint density at radius 1 is 1.00 bits per heavy atom. The molecule has 2 bridgehead atoms. The average molecular weight is 542 g/mol. The van der Waals surface area contributed by atoms with E-state index in [-0.39, 0.29) is 13.2 Å². The fraction of sp³-hybridized carbons (Fsp3) is 0.290. The summed E-state index contributed by atoms with van der Waals surface area (Å²) in [6, 6.07) is 27.4. The molecule has 9 heteroatoms. The number of benzene rings is 3. The molecular weight excluding hydrogens is 510 g/mol. The number of methoxy groups -OCH3 is 1. The minimum absolute atomic E-state index is 0.141. The number of hydrogen-bond donors (Lipinski definition) is 3. The van der Waals surface area contributed by atoms with Crippen molar-refractivity contribution in [3.63, 3.8) is 0 Å². The van der Waals surface area contributed by atoms with E-state index in [2.05, 4.69) is 34.6 Å². The van der Waals surface area contributed by atoms with E-state index >= 15 is 0 Å². The Bertz CT molecular complexity index is 1560. The molecule has 0 amide bonds. The van der Waals surface area contributed by atoms with Gasteiger partial charge >= 0.3 is 5.69 Å². The van der Waals surface area contributed by atoms with Crippen molar-refractivity contribution in [3.05, 3.63) is 134 Å². The SMILES string of the molecule is COc1ccc(C(N[C@H]2[C@H]3OC[C@]2(CO)O[C@H]3n2cc(C)c(=O)[nH]c2=O)(c2ccccc2)c2ccccc2)cc1. The van der Waals surface area contributed by atoms with E-state index in [0.29, 0.717) is 5.56 Å². The fourth-order valence-corrected chi connectivity index (χ4v) is 5.97. The number of nitrogens with one attached hydrogen (secondary N) is 2. The number of hydrogen-bond acceptors (Lipinski definition) is 7. The van der Waals surface area contributed by atoms with E-state index in [4.69, 9.17) is 14.2 Å². The molecule has 0 radical (unpaired) electrons. The Hall–Kier alpha value is -4.02. The second-order valence-electron chi connectivity index (χ2n) is 10.3. The van der Waals surface area contributed by atoms with E-state index in [1.165, 1.54) is 10.8 Å². The van der Waals surface area contributed by atoms with E-state index in [1.54, 1.807) is 14.0 Å². The zero-order valence-electron chi connectivity index (χ0n) is 22.2. The van der Waals surface area contributed by atoms with Gasteiger partial charge in [0.05, 0.1) is 31.9 Å². The molecule has 9 nitrogen and oxygen atoms in total. The van der Waals surface area contributed by atoms with Crippen LogP contribution in [0.5, 0.6) is 5.75 Å². The van der Waals surface area contributed by atoms with E-state index in [1.807, 2.05) is 60.7 Å². The van der Waals surface area contributed by atoms with Crippen LogP contribution in [0.3, 0.4) is 0 Å². The molecule has 4 atom stereocenters. The smallest absolute Gasteiger partial charge is 0.330 e. The lowest BCUT2D eigenvalue weighted by Crippen LogP contribution is -2.59. The lowest BCUT2D eigenvalue weighted by atomic mass is 9.75. The molecule has 6 rings (SSSR count). The van der Waals surface area contributed by atoms with Gasteiger partial charge in [-0.2, -0.15) is 0 Å². The highest BCUT2D eigenvalue weighted by atomic mass is 16.6. The standard InChI is InChI=1S/C31H31N3O6/c1-20-17-34(29(37)32-27(20)36)28-25-26(30(18-35,40-28)19-39-25)33-31(21-9-5-3-6-10-21,22-11-7-4-8-12-22)23-13-15-24(38-2)16-14-23/h3-17,25-26,28,33,35H,18-19H2,1-2H3,(H,32,36,37)/t25-,26+,28-,30+/m1/s1. The molecule has 2 saturated heterocycles. The van der Waals surface area contributed by atoms with Crippen LogP contribution in [-0.2, 0) is 15.0 Å². The maximum absolute atomic E-state index is 12.8. The van der Waals surface area contributed by atoms with E-state index < -0.39 is 40.8 Å². The van der Waals surface area contributed by atoms with Crippen LogP contribution in [-0.4, -0.2) is 52.7 Å². The molecule has 0 spiro atoms. The number of aromatic amines is 1. The molecule has 0 unspecified atom stereocenters. The summed E-state index contributed by atoms with van der Waals surface area (Å²) in [5.74, 6) is 0.728. The second kappa shape index (κ2) is 10.2. The minimum Gasteiger partial charge on any atom is -0.497 e. The van der Waals surface area contributed by atoms with Crippen LogP contribution in [0, 0.1) is 6.92 Å². The molecule has 1 aromatic heterocycles. The normalized spacial score (nSPS) is 23.8. The molecule has 2 aliphatic heterocycles. The van der Waals surface area contributed by atoms with Crippen LogP contribution >= 0.6 is 0 Å². The average Bonchev–Trinajstić information content (AvgIpc) is 3.50. The van der Waals surface area contributed by atoms with Crippen LogP contribution in [0.2, 0.25) is 0 Å². The van der Waals surface area contributed by atoms with Gasteiger partial charge in [-0.05, 0) is 35.7 Å². The highest BCUT2D eigenvalue weighted by molar-refractivity contribution is 5.51. The predicted octanol–water partition coefficient (Wildman–Crippen LogP) is 2.46. The number of nitrogens with zero attached hydrogens (tertiary/aromatic N) is 1. The van der Waals surface area contributed by atoms with Crippen LogP contribution in [0.1, 0.15) is 28.5 Å². The lowest BCUT2D eigenvalue weighted by Gasteiger charge is -2.41. The number of aromatic nitrogens is 2. The Morgan fingerprint density at radius 3 is 2.17 bits per heavy atom. The van der Waals surface area contributed by atoms with Crippen LogP contribution in [0.25, 0.3) is 0 Å². The number of rotatable bonds is 8. The van der Waals surface area contributed by atoms with Gasteiger partial charge in [0.15, 0.2) is 6.23 Å². The summed E-state index contributed by atoms with van der Waals surface area (Å²) < 4.78 is 19.5. The zero-order valence-corrected chi connectivity index (χ0v) is 22.2. The van der Waals surface area contributed by atoms with E-state index in [0.717, 1.165) is 22.4 Å². The fourth-order valence-electron chi connectivity index (χ4n) is 5.97. The van der Waals surface area contributed by atoms with Crippen LogP contribution in [0.15, 0.2) is 101 Å². The largest absolute Gasteiger partial charge is 0.497 e. The summed E-state index contributed by atoms with van der Waals surface area (Å²) in [7, 11) is 1.63. The number of fused-ring (bicyclic) bond motifs is 2. The van der Waals surface area contributed by atoms with Crippen molar-refractivity contribution in [1.82, 2.24) is 14.9 Å². The van der Waals surface area contributed by atoms with E-state index in [9.17, 15) is 14.7 Å². The molecule has 3 N–H and O–H groups in total. The number of aryl methyl sites for hydroxylation is 1. The molecular formula is C31H31N3O6. The monoisotopic (exact) mass is 541 g/mol. The highest BCUT2D eigenvalue weighted by Gasteiger charge is 2.63. The van der Waals surface area contributed by atoms with Crippen LogP contribution < -0.4 is 21.3 Å². The van der Waals surface area contributed by atoms with Crippen molar-refractivity contribution >= 4 is 0 Å². The Labute approximate surface area is 231 Å². The Balaban J connectivity index is 1.53. The van der Waals surface area contributed by atoms with Crippen molar-refractivity contribution in [3.8, 4) is 5.75 Å². The van der Waals surface area contributed by atoms with Gasteiger partial charge in [-0.25, -0.2) is 4.79 Å². The molecule has 0 aliphatic carbocycles. The minimum atomic E-state index is -1.14. The molecule has 206 valence electrons. The Kier molecular flexibility index (Phi) is 6.67. The van der Waals surface area contributed by atoms with Gasteiger partial charge in [-0.1, -0.05) is 72.8 Å². The van der Waals surface area contributed by atoms with Gasteiger partial charge < -0.3 is 19.3 Å². The van der Waals surface area contributed by atoms with Gasteiger partial charge in [-0.15, -0.1) is 0 Å². The van der Waals surface area contributed by atoms with Gasteiger partial charge in [-0.3, -0.25) is 19.7 Å². The quantitative estimate of drug-likeness (QED) is 0.294. The summed E-state index contributed by atoms with van der Waals surface area (Å²) in [4.78, 5) is 27.2. The summed E-state index contributed by atoms with van der Waals surface area (Å²) >= 11 is 0. The molecule has 2 aliphatic rings. The third-order valence-electron chi connectivity index (χ3n) is 8.05. The molecule has 3 heterocycles. The first-order valence-corrected chi connectivity index (χ1v) is 13.2.